The van der Waals surface area contributed by atoms with Crippen LogP contribution in [0.15, 0.2) is 27.8 Å². The van der Waals surface area contributed by atoms with Gasteiger partial charge in [-0.05, 0) is 62.7 Å². The molecule has 1 aromatic heterocycles. The molecule has 3 rings (SSSR count). The molecule has 0 bridgehead atoms. The Morgan fingerprint density at radius 3 is 2.67 bits per heavy atom. The number of rotatable bonds is 9. The molecule has 6 heteroatoms. The van der Waals surface area contributed by atoms with Gasteiger partial charge in [0, 0.05) is 33.9 Å². The summed E-state index contributed by atoms with van der Waals surface area (Å²) in [6.07, 6.45) is 10.7. The van der Waals surface area contributed by atoms with Crippen molar-refractivity contribution in [2.75, 3.05) is 46.9 Å². The minimum atomic E-state index is 0.255. The van der Waals surface area contributed by atoms with Gasteiger partial charge in [-0.2, -0.15) is 0 Å². The molecule has 2 aliphatic rings. The first-order valence-electron chi connectivity index (χ1n) is 10.5. The van der Waals surface area contributed by atoms with Crippen LogP contribution in [0.25, 0.3) is 0 Å². The van der Waals surface area contributed by atoms with Crippen molar-refractivity contribution in [3.8, 4) is 0 Å². The summed E-state index contributed by atoms with van der Waals surface area (Å²) in [5, 5.41) is 7.10. The Labute approximate surface area is 163 Å². The molecule has 0 radical (unpaired) electrons. The highest BCUT2D eigenvalue weighted by molar-refractivity contribution is 5.79. The number of hydrogen-bond donors (Lipinski definition) is 2. The maximum absolute atomic E-state index is 5.74. The van der Waals surface area contributed by atoms with Gasteiger partial charge in [0.05, 0.1) is 12.3 Å². The lowest BCUT2D eigenvalue weighted by Crippen LogP contribution is -2.49. The highest BCUT2D eigenvalue weighted by Gasteiger charge is 2.36. The first kappa shape index (κ1) is 20.2. The van der Waals surface area contributed by atoms with Gasteiger partial charge < -0.3 is 19.8 Å². The van der Waals surface area contributed by atoms with Crippen molar-refractivity contribution >= 4 is 5.96 Å². The number of furan rings is 1. The van der Waals surface area contributed by atoms with E-state index in [1.54, 1.807) is 13.4 Å². The van der Waals surface area contributed by atoms with Crippen molar-refractivity contribution in [2.45, 2.75) is 51.0 Å². The SMILES string of the molecule is CN=C(NCC(c1ccco1)N1CCCCC1)NCC1(CCOC)CCC1. The number of ether oxygens (including phenoxy) is 1. The molecule has 1 aliphatic carbocycles. The lowest BCUT2D eigenvalue weighted by atomic mass is 9.67. The average molecular weight is 377 g/mol. The Morgan fingerprint density at radius 1 is 1.26 bits per heavy atom. The molecule has 0 aromatic carbocycles. The van der Waals surface area contributed by atoms with Crippen LogP contribution in [0, 0.1) is 5.41 Å². The number of hydrogen-bond acceptors (Lipinski definition) is 4. The maximum atomic E-state index is 5.74. The van der Waals surface area contributed by atoms with Crippen molar-refractivity contribution in [2.24, 2.45) is 10.4 Å². The lowest BCUT2D eigenvalue weighted by Gasteiger charge is -2.42. The number of nitrogens with one attached hydrogen (secondary N) is 2. The summed E-state index contributed by atoms with van der Waals surface area (Å²) >= 11 is 0. The predicted octanol–water partition coefficient (Wildman–Crippen LogP) is 3.18. The third-order valence-corrected chi connectivity index (χ3v) is 6.27. The van der Waals surface area contributed by atoms with Gasteiger partial charge in [-0.1, -0.05) is 12.8 Å². The van der Waals surface area contributed by atoms with Crippen LogP contribution in [0.3, 0.4) is 0 Å². The smallest absolute Gasteiger partial charge is 0.191 e. The largest absolute Gasteiger partial charge is 0.468 e. The monoisotopic (exact) mass is 376 g/mol. The zero-order chi connectivity index (χ0) is 19.0. The minimum Gasteiger partial charge on any atom is -0.468 e. The van der Waals surface area contributed by atoms with E-state index in [2.05, 4.69) is 26.6 Å². The van der Waals surface area contributed by atoms with Crippen LogP contribution >= 0.6 is 0 Å². The second kappa shape index (κ2) is 10.1. The molecule has 1 saturated heterocycles. The zero-order valence-electron chi connectivity index (χ0n) is 17.0. The van der Waals surface area contributed by atoms with Crippen molar-refractivity contribution < 1.29 is 9.15 Å². The van der Waals surface area contributed by atoms with E-state index < -0.39 is 0 Å². The van der Waals surface area contributed by atoms with Crippen LogP contribution in [0.1, 0.15) is 56.7 Å². The number of likely N-dealkylation sites (tertiary alicyclic amines) is 1. The second-order valence-electron chi connectivity index (χ2n) is 8.03. The van der Waals surface area contributed by atoms with Crippen LogP contribution in [0.2, 0.25) is 0 Å². The fraction of sp³-hybridized carbons (Fsp3) is 0.762. The molecule has 2 N–H and O–H groups in total. The van der Waals surface area contributed by atoms with Crippen molar-refractivity contribution in [3.63, 3.8) is 0 Å². The highest BCUT2D eigenvalue weighted by atomic mass is 16.5. The van der Waals surface area contributed by atoms with Crippen molar-refractivity contribution in [3.05, 3.63) is 24.2 Å². The normalized spacial score (nSPS) is 21.5. The fourth-order valence-electron chi connectivity index (χ4n) is 4.32. The Morgan fingerprint density at radius 2 is 2.07 bits per heavy atom. The molecule has 1 aliphatic heterocycles. The zero-order valence-corrected chi connectivity index (χ0v) is 17.0. The summed E-state index contributed by atoms with van der Waals surface area (Å²) in [6.45, 7) is 4.88. The summed E-state index contributed by atoms with van der Waals surface area (Å²) in [7, 11) is 3.64. The topological polar surface area (TPSA) is 62.0 Å². The minimum absolute atomic E-state index is 0.255. The van der Waals surface area contributed by atoms with Crippen LogP contribution < -0.4 is 10.6 Å². The van der Waals surface area contributed by atoms with E-state index in [9.17, 15) is 0 Å². The third-order valence-electron chi connectivity index (χ3n) is 6.27. The molecule has 0 spiro atoms. The highest BCUT2D eigenvalue weighted by Crippen LogP contribution is 2.43. The Bertz CT molecular complexity index is 563. The fourth-order valence-corrected chi connectivity index (χ4v) is 4.32. The summed E-state index contributed by atoms with van der Waals surface area (Å²) < 4.78 is 11.0. The van der Waals surface area contributed by atoms with Gasteiger partial charge in [-0.25, -0.2) is 0 Å². The van der Waals surface area contributed by atoms with Crippen LogP contribution in [-0.4, -0.2) is 57.8 Å². The number of guanidine groups is 1. The summed E-state index contributed by atoms with van der Waals surface area (Å²) in [4.78, 5) is 6.98. The summed E-state index contributed by atoms with van der Waals surface area (Å²) in [6, 6.07) is 4.32. The molecule has 27 heavy (non-hydrogen) atoms. The van der Waals surface area contributed by atoms with Crippen molar-refractivity contribution in [1.82, 2.24) is 15.5 Å². The molecule has 0 amide bonds. The number of methoxy groups -OCH3 is 1. The van der Waals surface area contributed by atoms with Gasteiger partial charge in [0.2, 0.25) is 0 Å². The van der Waals surface area contributed by atoms with E-state index in [0.29, 0.717) is 5.41 Å². The van der Waals surface area contributed by atoms with E-state index in [1.807, 2.05) is 13.1 Å². The average Bonchev–Trinajstić information content (AvgIpc) is 3.20. The Hall–Kier alpha value is -1.53. The summed E-state index contributed by atoms with van der Waals surface area (Å²) in [5.41, 5.74) is 0.376. The third kappa shape index (κ3) is 5.48. The van der Waals surface area contributed by atoms with Gasteiger partial charge in [0.1, 0.15) is 5.76 Å². The molecule has 2 fully saturated rings. The quantitative estimate of drug-likeness (QED) is 0.512. The first-order valence-corrected chi connectivity index (χ1v) is 10.5. The maximum Gasteiger partial charge on any atom is 0.191 e. The second-order valence-corrected chi connectivity index (χ2v) is 8.03. The van der Waals surface area contributed by atoms with E-state index in [-0.39, 0.29) is 6.04 Å². The molecule has 1 aromatic rings. The van der Waals surface area contributed by atoms with Gasteiger partial charge in [-0.15, -0.1) is 0 Å². The molecule has 1 saturated carbocycles. The van der Waals surface area contributed by atoms with Gasteiger partial charge in [0.15, 0.2) is 5.96 Å². The number of piperidine rings is 1. The van der Waals surface area contributed by atoms with E-state index in [1.165, 1.54) is 38.5 Å². The van der Waals surface area contributed by atoms with Gasteiger partial charge in [-0.3, -0.25) is 9.89 Å². The van der Waals surface area contributed by atoms with Crippen LogP contribution in [0.4, 0.5) is 0 Å². The number of aliphatic imine (C=N–C) groups is 1. The number of nitrogens with zero attached hydrogens (tertiary/aromatic N) is 2. The van der Waals surface area contributed by atoms with E-state index in [0.717, 1.165) is 50.9 Å². The molecular formula is C21H36N4O2. The van der Waals surface area contributed by atoms with E-state index in [4.69, 9.17) is 9.15 Å². The molecule has 152 valence electrons. The van der Waals surface area contributed by atoms with Gasteiger partial charge >= 0.3 is 0 Å². The standard InChI is InChI=1S/C21H36N4O2/c1-22-20(24-17-21(9-7-10-21)11-15-26-2)23-16-18(19-8-6-14-27-19)25-12-4-3-5-13-25/h6,8,14,18H,3-5,7,9-13,15-17H2,1-2H3,(H2,22,23,24). The van der Waals surface area contributed by atoms with Crippen LogP contribution in [0.5, 0.6) is 0 Å². The van der Waals surface area contributed by atoms with Crippen LogP contribution in [-0.2, 0) is 4.74 Å². The molecule has 6 nitrogen and oxygen atoms in total. The summed E-state index contributed by atoms with van der Waals surface area (Å²) in [5.74, 6) is 1.92. The van der Waals surface area contributed by atoms with E-state index >= 15 is 0 Å². The Balaban J connectivity index is 1.53. The first-order chi connectivity index (χ1) is 13.3. The van der Waals surface area contributed by atoms with Crippen molar-refractivity contribution in [1.29, 1.82) is 0 Å². The Kier molecular flexibility index (Phi) is 7.59. The molecular weight excluding hydrogens is 340 g/mol. The molecule has 1 atom stereocenters. The lowest BCUT2D eigenvalue weighted by molar-refractivity contribution is 0.0732. The van der Waals surface area contributed by atoms with Gasteiger partial charge in [0.25, 0.3) is 0 Å². The molecule has 1 unspecified atom stereocenters. The predicted molar refractivity (Wildman–Crippen MR) is 109 cm³/mol. The molecule has 2 heterocycles.